The van der Waals surface area contributed by atoms with Crippen LogP contribution < -0.4 is 15.0 Å². The Kier molecular flexibility index (Phi) is 6.06. The molecule has 5 fully saturated rings. The molecule has 1 heterocycles. The van der Waals surface area contributed by atoms with Gasteiger partial charge in [0.15, 0.2) is 0 Å². The molecule has 5 aliphatic rings. The summed E-state index contributed by atoms with van der Waals surface area (Å²) in [5.41, 5.74) is 2.54. The number of nitrogens with one attached hydrogen (secondary N) is 1. The van der Waals surface area contributed by atoms with Crippen molar-refractivity contribution in [2.45, 2.75) is 43.9 Å². The van der Waals surface area contributed by atoms with Crippen LogP contribution in [0, 0.1) is 17.8 Å². The normalized spacial score (nSPS) is 29.5. The molecule has 4 saturated carbocycles. The molecule has 37 heavy (non-hydrogen) atoms. The number of ether oxygens (including phenoxy) is 1. The zero-order valence-corrected chi connectivity index (χ0v) is 22.1. The van der Waals surface area contributed by atoms with Gasteiger partial charge in [-0.1, -0.05) is 30.9 Å². The largest absolute Gasteiger partial charge is 0.488 e. The van der Waals surface area contributed by atoms with Crippen LogP contribution in [0.3, 0.4) is 0 Å². The minimum atomic E-state index is -0.732. The average Bonchev–Trinajstić information content (AvgIpc) is 2.85. The molecule has 6 nitrogen and oxygen atoms in total. The molecule has 0 unspecified atom stereocenters. The highest BCUT2D eigenvalue weighted by Gasteiger charge is 2.51. The first-order valence-electron chi connectivity index (χ1n) is 12.9. The van der Waals surface area contributed by atoms with E-state index in [1.165, 1.54) is 50.2 Å². The lowest BCUT2D eigenvalue weighted by molar-refractivity contribution is -0.122. The summed E-state index contributed by atoms with van der Waals surface area (Å²) in [6.45, 7) is 4.00. The molecular weight excluding hydrogens is 532 g/mol. The molecule has 0 radical (unpaired) electrons. The molecule has 1 aliphatic heterocycles. The molecule has 0 atom stereocenters. The van der Waals surface area contributed by atoms with E-state index < -0.39 is 17.8 Å². The van der Waals surface area contributed by atoms with Gasteiger partial charge in [-0.3, -0.25) is 14.9 Å². The molecule has 4 aliphatic carbocycles. The topological polar surface area (TPSA) is 75.7 Å². The van der Waals surface area contributed by atoms with Gasteiger partial charge in [0.2, 0.25) is 0 Å². The van der Waals surface area contributed by atoms with Gasteiger partial charge in [-0.2, -0.15) is 0 Å². The van der Waals surface area contributed by atoms with Crippen LogP contribution in [0.2, 0.25) is 0 Å². The third-order valence-corrected chi connectivity index (χ3v) is 9.12. The van der Waals surface area contributed by atoms with Crippen LogP contribution in [-0.2, 0) is 15.0 Å². The number of urea groups is 1. The Morgan fingerprint density at radius 3 is 2.24 bits per heavy atom. The summed E-state index contributed by atoms with van der Waals surface area (Å²) in [7, 11) is 0. The van der Waals surface area contributed by atoms with Crippen molar-refractivity contribution in [1.82, 2.24) is 5.32 Å². The predicted octanol–water partition coefficient (Wildman–Crippen LogP) is 6.15. The number of carbonyl (C=O) groups is 3. The fraction of sp³-hybridized carbons (Fsp3) is 0.367. The quantitative estimate of drug-likeness (QED) is 0.261. The number of barbiturate groups is 1. The zero-order chi connectivity index (χ0) is 25.7. The molecule has 2 aromatic rings. The second-order valence-electron chi connectivity index (χ2n) is 11.0. The maximum absolute atomic E-state index is 13.4. The average molecular weight is 561 g/mol. The fourth-order valence-electron chi connectivity index (χ4n) is 7.36. The van der Waals surface area contributed by atoms with E-state index in [1.807, 2.05) is 12.1 Å². The lowest BCUT2D eigenvalue weighted by Gasteiger charge is -2.57. The smallest absolute Gasteiger partial charge is 0.335 e. The number of amides is 4. The molecule has 7 heteroatoms. The number of hydrogen-bond acceptors (Lipinski definition) is 4. The molecule has 2 aromatic carbocycles. The first-order valence-corrected chi connectivity index (χ1v) is 13.7. The Balaban J connectivity index is 1.26. The third kappa shape index (κ3) is 4.33. The Labute approximate surface area is 224 Å². The highest BCUT2D eigenvalue weighted by molar-refractivity contribution is 9.10. The van der Waals surface area contributed by atoms with Crippen LogP contribution in [0.15, 0.2) is 65.2 Å². The van der Waals surface area contributed by atoms with Crippen LogP contribution in [-0.4, -0.2) is 24.5 Å². The van der Waals surface area contributed by atoms with Crippen molar-refractivity contribution in [2.75, 3.05) is 11.5 Å². The van der Waals surface area contributed by atoms with Gasteiger partial charge in [-0.25, -0.2) is 9.69 Å². The van der Waals surface area contributed by atoms with Crippen LogP contribution in [0.25, 0.3) is 6.08 Å². The molecule has 1 N–H and O–H groups in total. The van der Waals surface area contributed by atoms with Gasteiger partial charge in [0.05, 0.1) is 10.2 Å². The van der Waals surface area contributed by atoms with E-state index >= 15 is 0 Å². The maximum atomic E-state index is 13.4. The molecule has 0 aromatic heterocycles. The highest BCUT2D eigenvalue weighted by Crippen LogP contribution is 2.60. The number of anilines is 1. The second kappa shape index (κ2) is 9.28. The molecular formula is C30H29BrN2O4. The summed E-state index contributed by atoms with van der Waals surface area (Å²) in [6, 6.07) is 12.4. The van der Waals surface area contributed by atoms with Gasteiger partial charge in [0.1, 0.15) is 17.9 Å². The Morgan fingerprint density at radius 2 is 1.65 bits per heavy atom. The van der Waals surface area contributed by atoms with Gasteiger partial charge in [-0.05, 0) is 119 Å². The van der Waals surface area contributed by atoms with Crippen molar-refractivity contribution in [1.29, 1.82) is 0 Å². The molecule has 7 rings (SSSR count). The summed E-state index contributed by atoms with van der Waals surface area (Å²) < 4.78 is 6.24. The van der Waals surface area contributed by atoms with E-state index in [0.717, 1.165) is 22.7 Å². The van der Waals surface area contributed by atoms with E-state index in [9.17, 15) is 14.4 Å². The minimum Gasteiger partial charge on any atom is -0.488 e. The van der Waals surface area contributed by atoms with Crippen LogP contribution in [0.1, 0.15) is 49.7 Å². The SMILES string of the molecule is C=CCOc1ccc(/C=C2\C(=O)NC(=O)N(c3ccc(C45CC6CC(CC(C6)C4)C5)cc3)C2=O)cc1Br. The summed E-state index contributed by atoms with van der Waals surface area (Å²) in [4.78, 5) is 39.8. The summed E-state index contributed by atoms with van der Waals surface area (Å²) >= 11 is 3.46. The number of carbonyl (C=O) groups excluding carboxylic acids is 3. The van der Waals surface area contributed by atoms with Crippen LogP contribution >= 0.6 is 15.9 Å². The second-order valence-corrected chi connectivity index (χ2v) is 11.8. The van der Waals surface area contributed by atoms with E-state index in [2.05, 4.69) is 40.0 Å². The van der Waals surface area contributed by atoms with Crippen molar-refractivity contribution in [2.24, 2.45) is 17.8 Å². The number of nitrogens with zero attached hydrogens (tertiary/aromatic N) is 1. The van der Waals surface area contributed by atoms with E-state index in [-0.39, 0.29) is 11.0 Å². The summed E-state index contributed by atoms with van der Waals surface area (Å²) in [5.74, 6) is 1.78. The third-order valence-electron chi connectivity index (χ3n) is 8.50. The van der Waals surface area contributed by atoms with E-state index in [4.69, 9.17) is 4.74 Å². The van der Waals surface area contributed by atoms with Crippen molar-refractivity contribution in [3.05, 3.63) is 76.3 Å². The molecule has 1 saturated heterocycles. The van der Waals surface area contributed by atoms with Gasteiger partial charge in [0, 0.05) is 0 Å². The van der Waals surface area contributed by atoms with Gasteiger partial charge >= 0.3 is 6.03 Å². The lowest BCUT2D eigenvalue weighted by atomic mass is 9.48. The molecule has 190 valence electrons. The zero-order valence-electron chi connectivity index (χ0n) is 20.5. The van der Waals surface area contributed by atoms with Crippen molar-refractivity contribution >= 4 is 45.5 Å². The molecule has 4 amide bonds. The highest BCUT2D eigenvalue weighted by atomic mass is 79.9. The first kappa shape index (κ1) is 24.2. The monoisotopic (exact) mass is 560 g/mol. The minimum absolute atomic E-state index is 0.101. The lowest BCUT2D eigenvalue weighted by Crippen LogP contribution is -2.54. The Morgan fingerprint density at radius 1 is 1.00 bits per heavy atom. The van der Waals surface area contributed by atoms with Crippen molar-refractivity contribution in [3.63, 3.8) is 0 Å². The maximum Gasteiger partial charge on any atom is 0.335 e. The van der Waals surface area contributed by atoms with Crippen molar-refractivity contribution < 1.29 is 19.1 Å². The van der Waals surface area contributed by atoms with Crippen LogP contribution in [0.5, 0.6) is 5.75 Å². The van der Waals surface area contributed by atoms with E-state index in [1.54, 1.807) is 24.3 Å². The van der Waals surface area contributed by atoms with Crippen LogP contribution in [0.4, 0.5) is 10.5 Å². The van der Waals surface area contributed by atoms with Crippen molar-refractivity contribution in [3.8, 4) is 5.75 Å². The molecule has 0 spiro atoms. The van der Waals surface area contributed by atoms with Gasteiger partial charge in [0.25, 0.3) is 11.8 Å². The number of halogens is 1. The summed E-state index contributed by atoms with van der Waals surface area (Å²) in [6.07, 6.45) is 11.0. The van der Waals surface area contributed by atoms with E-state index in [0.29, 0.717) is 28.1 Å². The predicted molar refractivity (Wildman–Crippen MR) is 145 cm³/mol. The standard InChI is InChI=1S/C30H29BrN2O4/c1-2-9-37-26-8-3-18(14-25(26)31)13-24-27(34)32-29(36)33(28(24)35)23-6-4-22(5-7-23)30-15-19-10-20(16-30)12-21(11-19)17-30/h2-8,13-14,19-21H,1,9-12,15-17H2,(H,32,34,36)/b24-13+. The first-order chi connectivity index (χ1) is 17.8. The van der Waals surface area contributed by atoms with Gasteiger partial charge in [-0.15, -0.1) is 0 Å². The Bertz CT molecular complexity index is 1290. The number of hydrogen-bond donors (Lipinski definition) is 1. The number of rotatable bonds is 6. The number of benzene rings is 2. The number of imide groups is 2. The molecule has 4 bridgehead atoms. The Hall–Kier alpha value is -3.19. The fourth-order valence-corrected chi connectivity index (χ4v) is 7.87. The van der Waals surface area contributed by atoms with Gasteiger partial charge < -0.3 is 4.74 Å². The summed E-state index contributed by atoms with van der Waals surface area (Å²) in [5, 5.41) is 2.32.